The first-order valence-corrected chi connectivity index (χ1v) is 11.7. The van der Waals surface area contributed by atoms with Crippen LogP contribution in [0.15, 0.2) is 55.0 Å². The molecule has 9 nitrogen and oxygen atoms in total. The summed E-state index contributed by atoms with van der Waals surface area (Å²) in [6.07, 6.45) is 6.99. The second kappa shape index (κ2) is 10.3. The summed E-state index contributed by atoms with van der Waals surface area (Å²) in [7, 11) is 3.19. The minimum absolute atomic E-state index is 0.130. The van der Waals surface area contributed by atoms with Crippen LogP contribution in [0.4, 0.5) is 10.2 Å². The molecule has 10 heteroatoms. The monoisotopic (exact) mass is 490 g/mol. The summed E-state index contributed by atoms with van der Waals surface area (Å²) in [4.78, 5) is 22.4. The summed E-state index contributed by atoms with van der Waals surface area (Å²) in [5.74, 6) is -0.0665. The Balaban J connectivity index is 1.41. The van der Waals surface area contributed by atoms with Crippen LogP contribution >= 0.6 is 0 Å². The number of halogens is 1. The number of rotatable bonds is 7. The molecule has 186 valence electrons. The van der Waals surface area contributed by atoms with E-state index in [1.807, 2.05) is 12.1 Å². The fourth-order valence-corrected chi connectivity index (χ4v) is 4.29. The maximum Gasteiger partial charge on any atom is 0.270 e. The first-order valence-electron chi connectivity index (χ1n) is 11.7. The summed E-state index contributed by atoms with van der Waals surface area (Å²) in [6, 6.07) is 9.58. The van der Waals surface area contributed by atoms with Crippen molar-refractivity contribution in [3.8, 4) is 5.75 Å². The summed E-state index contributed by atoms with van der Waals surface area (Å²) in [5.41, 5.74) is 2.17. The summed E-state index contributed by atoms with van der Waals surface area (Å²) >= 11 is 0. The van der Waals surface area contributed by atoms with Gasteiger partial charge < -0.3 is 20.1 Å². The van der Waals surface area contributed by atoms with Crippen LogP contribution in [0.5, 0.6) is 5.75 Å². The molecule has 1 aliphatic rings. The number of methoxy groups -OCH3 is 1. The zero-order chi connectivity index (χ0) is 25.1. The van der Waals surface area contributed by atoms with Gasteiger partial charge in [-0.25, -0.2) is 14.4 Å². The number of carbonyl (C=O) groups is 1. The molecule has 1 amide bonds. The average Bonchev–Trinajstić information content (AvgIpc) is 3.33. The third-order valence-corrected chi connectivity index (χ3v) is 6.22. The predicted molar refractivity (Wildman–Crippen MR) is 132 cm³/mol. The van der Waals surface area contributed by atoms with E-state index in [4.69, 9.17) is 9.47 Å². The minimum Gasteiger partial charge on any atom is -0.494 e. The van der Waals surface area contributed by atoms with Crippen molar-refractivity contribution in [1.29, 1.82) is 0 Å². The highest BCUT2D eigenvalue weighted by atomic mass is 19.1. The van der Waals surface area contributed by atoms with Crippen LogP contribution in [0.1, 0.15) is 40.5 Å². The number of ether oxygens (including phenoxy) is 2. The highest BCUT2D eigenvalue weighted by molar-refractivity contribution is 5.95. The standard InChI is InChI=1S/C26H27FN6O3/c1-33-15-18(14-29-33)25(16-4-6-23(35-2)20(27)11-16)32-26(34)21-5-3-17-13-28-24(12-22(17)31-21)30-19-7-9-36-10-8-19/h3-6,11-15,19,25H,7-10H2,1-2H3,(H,28,30)(H,32,34). The first-order chi connectivity index (χ1) is 17.5. The van der Waals surface area contributed by atoms with E-state index in [9.17, 15) is 9.18 Å². The highest BCUT2D eigenvalue weighted by Gasteiger charge is 2.22. The summed E-state index contributed by atoms with van der Waals surface area (Å²) in [6.45, 7) is 1.45. The van der Waals surface area contributed by atoms with E-state index < -0.39 is 17.8 Å². The van der Waals surface area contributed by atoms with Gasteiger partial charge in [0, 0.05) is 55.7 Å². The van der Waals surface area contributed by atoms with Crippen molar-refractivity contribution in [2.24, 2.45) is 7.05 Å². The van der Waals surface area contributed by atoms with Crippen molar-refractivity contribution in [2.45, 2.75) is 24.9 Å². The van der Waals surface area contributed by atoms with Gasteiger partial charge in [-0.2, -0.15) is 5.10 Å². The Labute approximate surface area is 207 Å². The molecule has 0 aliphatic carbocycles. The van der Waals surface area contributed by atoms with Gasteiger partial charge in [0.2, 0.25) is 0 Å². The highest BCUT2D eigenvalue weighted by Crippen LogP contribution is 2.27. The molecule has 2 N–H and O–H groups in total. The molecule has 0 spiro atoms. The summed E-state index contributed by atoms with van der Waals surface area (Å²) in [5, 5.41) is 11.4. The quantitative estimate of drug-likeness (QED) is 0.408. The van der Waals surface area contributed by atoms with Crippen molar-refractivity contribution < 1.29 is 18.7 Å². The Bertz CT molecular complexity index is 1390. The van der Waals surface area contributed by atoms with Crippen molar-refractivity contribution in [1.82, 2.24) is 25.1 Å². The van der Waals surface area contributed by atoms with Gasteiger partial charge in [0.05, 0.1) is 24.9 Å². The number of aryl methyl sites for hydroxylation is 1. The lowest BCUT2D eigenvalue weighted by atomic mass is 10.0. The number of nitrogens with zero attached hydrogens (tertiary/aromatic N) is 4. The van der Waals surface area contributed by atoms with Crippen LogP contribution in [0.3, 0.4) is 0 Å². The Hall–Kier alpha value is -4.05. The van der Waals surface area contributed by atoms with Gasteiger partial charge in [-0.1, -0.05) is 6.07 Å². The van der Waals surface area contributed by atoms with Crippen molar-refractivity contribution in [2.75, 3.05) is 25.6 Å². The van der Waals surface area contributed by atoms with Crippen LogP contribution in [0.25, 0.3) is 10.9 Å². The lowest BCUT2D eigenvalue weighted by Crippen LogP contribution is -2.30. The molecule has 1 unspecified atom stereocenters. The van der Waals surface area contributed by atoms with Crippen molar-refractivity contribution in [3.63, 3.8) is 0 Å². The minimum atomic E-state index is -0.632. The zero-order valence-electron chi connectivity index (χ0n) is 20.1. The SMILES string of the molecule is COc1ccc(C(NC(=O)c2ccc3cnc(NC4CCOCC4)cc3n2)c2cnn(C)c2)cc1F. The number of anilines is 1. The molecule has 0 radical (unpaired) electrons. The number of pyridine rings is 2. The molecule has 0 bridgehead atoms. The van der Waals surface area contributed by atoms with E-state index in [2.05, 4.69) is 25.7 Å². The van der Waals surface area contributed by atoms with Crippen molar-refractivity contribution >= 4 is 22.6 Å². The third-order valence-electron chi connectivity index (χ3n) is 6.22. The number of amides is 1. The molecule has 1 aromatic carbocycles. The number of carbonyl (C=O) groups excluding carboxylic acids is 1. The van der Waals surface area contributed by atoms with Gasteiger partial charge in [-0.15, -0.1) is 0 Å². The Morgan fingerprint density at radius 2 is 2.00 bits per heavy atom. The smallest absolute Gasteiger partial charge is 0.270 e. The number of aromatic nitrogens is 4. The summed E-state index contributed by atoms with van der Waals surface area (Å²) < 4.78 is 26.6. The average molecular weight is 491 g/mol. The van der Waals surface area contributed by atoms with E-state index in [0.717, 1.165) is 31.4 Å². The molecular weight excluding hydrogens is 463 g/mol. The molecule has 1 atom stereocenters. The van der Waals surface area contributed by atoms with Gasteiger partial charge in [0.15, 0.2) is 11.6 Å². The molecule has 0 saturated carbocycles. The van der Waals surface area contributed by atoms with E-state index in [-0.39, 0.29) is 11.4 Å². The van der Waals surface area contributed by atoms with Crippen LogP contribution in [0, 0.1) is 5.82 Å². The number of hydrogen-bond donors (Lipinski definition) is 2. The van der Waals surface area contributed by atoms with Gasteiger partial charge >= 0.3 is 0 Å². The number of fused-ring (bicyclic) bond motifs is 1. The third kappa shape index (κ3) is 5.13. The molecule has 4 heterocycles. The van der Waals surface area contributed by atoms with Gasteiger partial charge in [-0.05, 0) is 42.7 Å². The molecule has 1 saturated heterocycles. The lowest BCUT2D eigenvalue weighted by molar-refractivity contribution is 0.0903. The lowest BCUT2D eigenvalue weighted by Gasteiger charge is -2.23. The number of hydrogen-bond acceptors (Lipinski definition) is 7. The number of benzene rings is 1. The molecular formula is C26H27FN6O3. The van der Waals surface area contributed by atoms with Crippen LogP contribution < -0.4 is 15.4 Å². The molecule has 3 aromatic heterocycles. The van der Waals surface area contributed by atoms with E-state index in [1.165, 1.54) is 19.2 Å². The normalized spacial score (nSPS) is 15.0. The zero-order valence-corrected chi connectivity index (χ0v) is 20.1. The van der Waals surface area contributed by atoms with Crippen LogP contribution in [-0.4, -0.2) is 52.0 Å². The van der Waals surface area contributed by atoms with Gasteiger partial charge in [0.1, 0.15) is 11.5 Å². The van der Waals surface area contributed by atoms with E-state index in [1.54, 1.807) is 42.5 Å². The molecule has 36 heavy (non-hydrogen) atoms. The topological polar surface area (TPSA) is 103 Å². The van der Waals surface area contributed by atoms with E-state index in [0.29, 0.717) is 28.5 Å². The fourth-order valence-electron chi connectivity index (χ4n) is 4.29. The fraction of sp³-hybridized carbons (Fsp3) is 0.308. The number of nitrogens with one attached hydrogen (secondary N) is 2. The second-order valence-corrected chi connectivity index (χ2v) is 8.74. The molecule has 1 aliphatic heterocycles. The van der Waals surface area contributed by atoms with Crippen LogP contribution in [0.2, 0.25) is 0 Å². The second-order valence-electron chi connectivity index (χ2n) is 8.74. The maximum absolute atomic E-state index is 14.5. The van der Waals surface area contributed by atoms with E-state index >= 15 is 0 Å². The Morgan fingerprint density at radius 1 is 1.17 bits per heavy atom. The Kier molecular flexibility index (Phi) is 6.77. The Morgan fingerprint density at radius 3 is 2.72 bits per heavy atom. The largest absolute Gasteiger partial charge is 0.494 e. The molecule has 1 fully saturated rings. The molecule has 5 rings (SSSR count). The maximum atomic E-state index is 14.5. The van der Waals surface area contributed by atoms with Crippen molar-refractivity contribution in [3.05, 3.63) is 77.6 Å². The van der Waals surface area contributed by atoms with Crippen LogP contribution in [-0.2, 0) is 11.8 Å². The molecule has 4 aromatic rings. The van der Waals surface area contributed by atoms with Gasteiger partial charge in [-0.3, -0.25) is 9.48 Å². The van der Waals surface area contributed by atoms with Gasteiger partial charge in [0.25, 0.3) is 5.91 Å². The predicted octanol–water partition coefficient (Wildman–Crippen LogP) is 3.62. The first kappa shape index (κ1) is 23.7.